The van der Waals surface area contributed by atoms with Gasteiger partial charge in [-0.05, 0) is 23.3 Å². The molecule has 0 radical (unpaired) electrons. The lowest BCUT2D eigenvalue weighted by Crippen LogP contribution is -2.31. The van der Waals surface area contributed by atoms with E-state index in [4.69, 9.17) is 5.73 Å². The van der Waals surface area contributed by atoms with Gasteiger partial charge in [-0.1, -0.05) is 42.5 Å². The third kappa shape index (κ3) is 6.47. The first-order valence-corrected chi connectivity index (χ1v) is 8.00. The number of nitrogens with one attached hydrogen (secondary N) is 2. The van der Waals surface area contributed by atoms with E-state index in [-0.39, 0.29) is 24.8 Å². The van der Waals surface area contributed by atoms with Gasteiger partial charge in [0, 0.05) is 25.1 Å². The van der Waals surface area contributed by atoms with Gasteiger partial charge in [-0.15, -0.1) is 0 Å². The molecule has 0 unspecified atom stereocenters. The molecule has 4 N–H and O–H groups in total. The average Bonchev–Trinajstić information content (AvgIpc) is 2.61. The Hall–Kier alpha value is -3.15. The minimum absolute atomic E-state index is 0.117. The fourth-order valence-electron chi connectivity index (χ4n) is 2.28. The third-order valence-corrected chi connectivity index (χ3v) is 3.58. The second-order valence-corrected chi connectivity index (χ2v) is 5.60. The van der Waals surface area contributed by atoms with E-state index in [1.54, 1.807) is 24.3 Å². The number of carbonyl (C=O) groups is 3. The van der Waals surface area contributed by atoms with Crippen molar-refractivity contribution in [3.8, 4) is 0 Å². The highest BCUT2D eigenvalue weighted by atomic mass is 16.2. The molecule has 6 heteroatoms. The van der Waals surface area contributed by atoms with Crippen molar-refractivity contribution in [2.75, 3.05) is 6.54 Å². The molecule has 0 spiro atoms. The summed E-state index contributed by atoms with van der Waals surface area (Å²) in [6.45, 7) is 0.580. The fourth-order valence-corrected chi connectivity index (χ4v) is 2.28. The lowest BCUT2D eigenvalue weighted by atomic mass is 10.1. The Morgan fingerprint density at radius 2 is 1.56 bits per heavy atom. The predicted octanol–water partition coefficient (Wildman–Crippen LogP) is 1.15. The maximum atomic E-state index is 11.8. The van der Waals surface area contributed by atoms with Crippen LogP contribution in [0.3, 0.4) is 0 Å². The Kier molecular flexibility index (Phi) is 6.71. The summed E-state index contributed by atoms with van der Waals surface area (Å²) < 4.78 is 0. The van der Waals surface area contributed by atoms with Gasteiger partial charge in [0.05, 0.1) is 6.42 Å². The lowest BCUT2D eigenvalue weighted by Gasteiger charge is -2.08. The zero-order valence-electron chi connectivity index (χ0n) is 13.8. The Labute approximate surface area is 146 Å². The number of nitrogens with two attached hydrogens (primary N) is 1. The van der Waals surface area contributed by atoms with E-state index < -0.39 is 5.91 Å². The smallest absolute Gasteiger partial charge is 0.248 e. The molecule has 0 bridgehead atoms. The summed E-state index contributed by atoms with van der Waals surface area (Å²) >= 11 is 0. The van der Waals surface area contributed by atoms with Gasteiger partial charge in [-0.2, -0.15) is 0 Å². The second-order valence-electron chi connectivity index (χ2n) is 5.60. The van der Waals surface area contributed by atoms with Crippen LogP contribution in [0.5, 0.6) is 0 Å². The molecule has 0 saturated carbocycles. The standard InChI is InChI=1S/C19H21N3O3/c20-19(25)16-8-4-7-15(11-16)13-22-17(23)9-10-21-18(24)12-14-5-2-1-3-6-14/h1-8,11H,9-10,12-13H2,(H2,20,25)(H,21,24)(H,22,23). The van der Waals surface area contributed by atoms with Crippen molar-refractivity contribution in [3.05, 3.63) is 71.3 Å². The summed E-state index contributed by atoms with van der Waals surface area (Å²) in [5.41, 5.74) is 7.34. The van der Waals surface area contributed by atoms with Crippen LogP contribution < -0.4 is 16.4 Å². The molecule has 2 aromatic rings. The Balaban J connectivity index is 1.68. The molecular formula is C19H21N3O3. The van der Waals surface area contributed by atoms with Crippen molar-refractivity contribution in [2.24, 2.45) is 5.73 Å². The number of primary amides is 1. The third-order valence-electron chi connectivity index (χ3n) is 3.58. The number of benzene rings is 2. The SMILES string of the molecule is NC(=O)c1cccc(CNC(=O)CCNC(=O)Cc2ccccc2)c1. The van der Waals surface area contributed by atoms with E-state index in [1.807, 2.05) is 30.3 Å². The Bertz CT molecular complexity index is 745. The first-order chi connectivity index (χ1) is 12.0. The number of hydrogen-bond acceptors (Lipinski definition) is 3. The Morgan fingerprint density at radius 1 is 0.840 bits per heavy atom. The van der Waals surface area contributed by atoms with Crippen LogP contribution in [0, 0.1) is 0 Å². The van der Waals surface area contributed by atoms with Crippen molar-refractivity contribution in [3.63, 3.8) is 0 Å². The Morgan fingerprint density at radius 3 is 2.28 bits per heavy atom. The quantitative estimate of drug-likeness (QED) is 0.672. The monoisotopic (exact) mass is 339 g/mol. The van der Waals surface area contributed by atoms with Crippen LogP contribution in [0.2, 0.25) is 0 Å². The van der Waals surface area contributed by atoms with Gasteiger partial charge in [0.2, 0.25) is 17.7 Å². The van der Waals surface area contributed by atoms with Gasteiger partial charge in [-0.3, -0.25) is 14.4 Å². The van der Waals surface area contributed by atoms with Crippen molar-refractivity contribution in [1.82, 2.24) is 10.6 Å². The second kappa shape index (κ2) is 9.22. The van der Waals surface area contributed by atoms with Crippen molar-refractivity contribution in [2.45, 2.75) is 19.4 Å². The van der Waals surface area contributed by atoms with Gasteiger partial charge in [-0.25, -0.2) is 0 Å². The summed E-state index contributed by atoms with van der Waals surface area (Å²) in [7, 11) is 0. The molecule has 0 aromatic heterocycles. The van der Waals surface area contributed by atoms with Crippen LogP contribution in [0.15, 0.2) is 54.6 Å². The molecule has 130 valence electrons. The van der Waals surface area contributed by atoms with Crippen molar-refractivity contribution in [1.29, 1.82) is 0 Å². The van der Waals surface area contributed by atoms with Crippen molar-refractivity contribution < 1.29 is 14.4 Å². The summed E-state index contributed by atoms with van der Waals surface area (Å²) in [5.74, 6) is -0.799. The summed E-state index contributed by atoms with van der Waals surface area (Å²) in [6, 6.07) is 16.2. The average molecular weight is 339 g/mol. The molecule has 0 aliphatic heterocycles. The minimum atomic E-state index is -0.505. The van der Waals surface area contributed by atoms with Gasteiger partial charge < -0.3 is 16.4 Å². The summed E-state index contributed by atoms with van der Waals surface area (Å²) in [4.78, 5) is 34.7. The lowest BCUT2D eigenvalue weighted by molar-refractivity contribution is -0.122. The largest absolute Gasteiger partial charge is 0.366 e. The summed E-state index contributed by atoms with van der Waals surface area (Å²) in [6.07, 6.45) is 0.485. The zero-order valence-corrected chi connectivity index (χ0v) is 13.8. The van der Waals surface area contributed by atoms with Crippen LogP contribution in [-0.4, -0.2) is 24.3 Å². The minimum Gasteiger partial charge on any atom is -0.366 e. The topological polar surface area (TPSA) is 101 Å². The highest BCUT2D eigenvalue weighted by Crippen LogP contribution is 2.04. The molecule has 6 nitrogen and oxygen atoms in total. The van der Waals surface area contributed by atoms with Crippen LogP contribution >= 0.6 is 0 Å². The summed E-state index contributed by atoms with van der Waals surface area (Å²) in [5, 5.41) is 5.47. The van der Waals surface area contributed by atoms with Gasteiger partial charge >= 0.3 is 0 Å². The van der Waals surface area contributed by atoms with Crippen LogP contribution in [-0.2, 0) is 22.6 Å². The fraction of sp³-hybridized carbons (Fsp3) is 0.211. The van der Waals surface area contributed by atoms with Gasteiger partial charge in [0.15, 0.2) is 0 Å². The van der Waals surface area contributed by atoms with Crippen LogP contribution in [0.4, 0.5) is 0 Å². The number of hydrogen-bond donors (Lipinski definition) is 3. The number of amides is 3. The zero-order chi connectivity index (χ0) is 18.1. The molecule has 3 amide bonds. The maximum absolute atomic E-state index is 11.8. The molecule has 0 heterocycles. The van der Waals surface area contributed by atoms with E-state index in [0.29, 0.717) is 18.5 Å². The van der Waals surface area contributed by atoms with E-state index in [0.717, 1.165) is 11.1 Å². The van der Waals surface area contributed by atoms with Crippen LogP contribution in [0.1, 0.15) is 27.9 Å². The molecule has 2 aromatic carbocycles. The van der Waals surface area contributed by atoms with E-state index in [9.17, 15) is 14.4 Å². The van der Waals surface area contributed by atoms with E-state index in [2.05, 4.69) is 10.6 Å². The maximum Gasteiger partial charge on any atom is 0.248 e. The first kappa shape index (κ1) is 18.2. The number of rotatable bonds is 8. The molecular weight excluding hydrogens is 318 g/mol. The van der Waals surface area contributed by atoms with E-state index in [1.165, 1.54) is 0 Å². The molecule has 0 atom stereocenters. The van der Waals surface area contributed by atoms with Gasteiger partial charge in [0.25, 0.3) is 0 Å². The highest BCUT2D eigenvalue weighted by Gasteiger charge is 2.06. The molecule has 0 aliphatic carbocycles. The molecule has 25 heavy (non-hydrogen) atoms. The van der Waals surface area contributed by atoms with Gasteiger partial charge in [0.1, 0.15) is 0 Å². The highest BCUT2D eigenvalue weighted by molar-refractivity contribution is 5.92. The molecule has 0 aliphatic rings. The van der Waals surface area contributed by atoms with Crippen molar-refractivity contribution >= 4 is 17.7 Å². The molecule has 0 fully saturated rings. The van der Waals surface area contributed by atoms with E-state index >= 15 is 0 Å². The predicted molar refractivity (Wildman–Crippen MR) is 94.6 cm³/mol. The van der Waals surface area contributed by atoms with Crippen LogP contribution in [0.25, 0.3) is 0 Å². The molecule has 2 rings (SSSR count). The molecule has 0 saturated heterocycles. The normalized spacial score (nSPS) is 10.1. The number of carbonyl (C=O) groups excluding carboxylic acids is 3. The first-order valence-electron chi connectivity index (χ1n) is 8.00.